The Balaban J connectivity index is 1.45. The molecule has 0 saturated carbocycles. The van der Waals surface area contributed by atoms with Crippen molar-refractivity contribution < 1.29 is 24.3 Å². The van der Waals surface area contributed by atoms with Gasteiger partial charge < -0.3 is 25.6 Å². The summed E-state index contributed by atoms with van der Waals surface area (Å²) >= 11 is 2.41. The van der Waals surface area contributed by atoms with Crippen molar-refractivity contribution in [3.8, 4) is 0 Å². The first kappa shape index (κ1) is 22.6. The van der Waals surface area contributed by atoms with Crippen molar-refractivity contribution in [1.29, 1.82) is 5.41 Å². The standard InChI is InChI=1S/C19H17N9O5S2/c1-33-25-12(8-6-35-19(21)23-8)15(29)24-13-16(30)27-14(18(31)32)9(7-34-17(13)27)26-5-3-10(20)28-11(26)2-4-22-28/h2-6,13,17,20H,7H2,1H3,(H2,21,23)(H,24,29)(H,31,32)/t13-,17+/m1/s1. The van der Waals surface area contributed by atoms with Crippen molar-refractivity contribution in [2.45, 2.75) is 11.4 Å². The molecule has 0 aliphatic carbocycles. The van der Waals surface area contributed by atoms with Gasteiger partial charge >= 0.3 is 5.97 Å². The number of nitrogen functional groups attached to an aromatic ring is 1. The van der Waals surface area contributed by atoms with Crippen molar-refractivity contribution in [3.05, 3.63) is 46.8 Å². The average Bonchev–Trinajstić information content (AvgIpc) is 3.50. The van der Waals surface area contributed by atoms with Gasteiger partial charge in [0.05, 0.1) is 11.9 Å². The van der Waals surface area contributed by atoms with E-state index in [1.165, 1.54) is 41.0 Å². The highest BCUT2D eigenvalue weighted by atomic mass is 32.2. The number of aliphatic carboxylic acids is 1. The molecule has 3 aromatic rings. The van der Waals surface area contributed by atoms with Crippen LogP contribution in [0.3, 0.4) is 0 Å². The molecule has 2 amide bonds. The van der Waals surface area contributed by atoms with Gasteiger partial charge in [-0.3, -0.25) is 19.9 Å². The molecule has 0 spiro atoms. The first-order valence-corrected chi connectivity index (χ1v) is 11.9. The van der Waals surface area contributed by atoms with Crippen molar-refractivity contribution >= 4 is 63.1 Å². The Hall–Kier alpha value is -4.18. The van der Waals surface area contributed by atoms with Gasteiger partial charge in [-0.05, 0) is 6.07 Å². The zero-order chi connectivity index (χ0) is 24.9. The van der Waals surface area contributed by atoms with Gasteiger partial charge in [0.25, 0.3) is 11.8 Å². The molecule has 0 unspecified atom stereocenters. The number of nitrogens with zero attached hydrogens (tertiary/aromatic N) is 6. The van der Waals surface area contributed by atoms with E-state index in [1.54, 1.807) is 16.8 Å². The maximum absolute atomic E-state index is 13.1. The van der Waals surface area contributed by atoms with E-state index in [9.17, 15) is 19.5 Å². The van der Waals surface area contributed by atoms with E-state index >= 15 is 0 Å². The van der Waals surface area contributed by atoms with Gasteiger partial charge in [0.2, 0.25) is 0 Å². The Bertz CT molecular complexity index is 1500. The molecule has 1 saturated heterocycles. The predicted molar refractivity (Wildman–Crippen MR) is 125 cm³/mol. The lowest BCUT2D eigenvalue weighted by Crippen LogP contribution is -2.71. The number of hydrogen-bond donors (Lipinski definition) is 4. The van der Waals surface area contributed by atoms with Crippen molar-refractivity contribution in [2.24, 2.45) is 5.16 Å². The quantitative estimate of drug-likeness (QED) is 0.188. The number of nitrogens with one attached hydrogen (secondary N) is 2. The maximum atomic E-state index is 13.1. The van der Waals surface area contributed by atoms with E-state index < -0.39 is 29.2 Å². The fraction of sp³-hybridized carbons (Fsp3) is 0.211. The predicted octanol–water partition coefficient (Wildman–Crippen LogP) is -0.642. The second-order valence-electron chi connectivity index (χ2n) is 7.33. The number of carbonyl (C=O) groups is 3. The number of thiazole rings is 1. The molecule has 2 aliphatic heterocycles. The number of anilines is 1. The molecule has 2 aliphatic rings. The first-order chi connectivity index (χ1) is 16.8. The number of hydrogen-bond acceptors (Lipinski definition) is 11. The van der Waals surface area contributed by atoms with E-state index in [-0.39, 0.29) is 33.5 Å². The van der Waals surface area contributed by atoms with E-state index in [0.717, 1.165) is 16.2 Å². The van der Waals surface area contributed by atoms with Gasteiger partial charge in [0.1, 0.15) is 35.4 Å². The number of thioether (sulfide) groups is 1. The van der Waals surface area contributed by atoms with Gasteiger partial charge in [-0.1, -0.05) is 5.16 Å². The van der Waals surface area contributed by atoms with Crippen LogP contribution < -0.4 is 16.5 Å². The first-order valence-electron chi connectivity index (χ1n) is 9.96. The lowest BCUT2D eigenvalue weighted by molar-refractivity contribution is -0.150. The minimum Gasteiger partial charge on any atom is -0.477 e. The van der Waals surface area contributed by atoms with E-state index in [1.807, 2.05) is 0 Å². The largest absolute Gasteiger partial charge is 0.477 e. The fourth-order valence-electron chi connectivity index (χ4n) is 3.87. The zero-order valence-corrected chi connectivity index (χ0v) is 19.5. The number of aromatic nitrogens is 4. The van der Waals surface area contributed by atoms with Crippen molar-refractivity contribution in [2.75, 3.05) is 18.6 Å². The summed E-state index contributed by atoms with van der Waals surface area (Å²) in [5.41, 5.74) is 6.43. The third-order valence-electron chi connectivity index (χ3n) is 5.37. The van der Waals surface area contributed by atoms with Crippen LogP contribution in [0.2, 0.25) is 0 Å². The molecule has 5 heterocycles. The zero-order valence-electron chi connectivity index (χ0n) is 17.9. The molecule has 180 valence electrons. The number of fused-ring (bicyclic) bond motifs is 2. The van der Waals surface area contributed by atoms with Gasteiger partial charge in [-0.15, -0.1) is 23.1 Å². The van der Waals surface area contributed by atoms with Crippen LogP contribution >= 0.6 is 23.1 Å². The van der Waals surface area contributed by atoms with Crippen LogP contribution in [0.15, 0.2) is 40.8 Å². The van der Waals surface area contributed by atoms with E-state index in [2.05, 4.69) is 20.6 Å². The molecule has 14 nitrogen and oxygen atoms in total. The number of rotatable bonds is 6. The molecule has 35 heavy (non-hydrogen) atoms. The highest BCUT2D eigenvalue weighted by molar-refractivity contribution is 8.00. The van der Waals surface area contributed by atoms with E-state index in [4.69, 9.17) is 16.0 Å². The highest BCUT2D eigenvalue weighted by Gasteiger charge is 2.55. The Morgan fingerprint density at radius 3 is 2.89 bits per heavy atom. The van der Waals surface area contributed by atoms with E-state index in [0.29, 0.717) is 11.3 Å². The lowest BCUT2D eigenvalue weighted by Gasteiger charge is -2.49. The summed E-state index contributed by atoms with van der Waals surface area (Å²) in [6.45, 7) is 0. The summed E-state index contributed by atoms with van der Waals surface area (Å²) < 4.78 is 2.94. The summed E-state index contributed by atoms with van der Waals surface area (Å²) in [5, 5.41) is 29.5. The smallest absolute Gasteiger partial charge is 0.354 e. The normalized spacial score (nSPS) is 20.0. The van der Waals surface area contributed by atoms with Gasteiger partial charge in [0, 0.05) is 23.4 Å². The van der Waals surface area contributed by atoms with Gasteiger partial charge in [-0.25, -0.2) is 9.78 Å². The summed E-state index contributed by atoms with van der Waals surface area (Å²) in [4.78, 5) is 48.1. The molecule has 5 rings (SSSR count). The summed E-state index contributed by atoms with van der Waals surface area (Å²) in [5.74, 6) is -2.35. The molecule has 5 N–H and O–H groups in total. The lowest BCUT2D eigenvalue weighted by atomic mass is 10.0. The van der Waals surface area contributed by atoms with Crippen LogP contribution in [-0.2, 0) is 19.2 Å². The monoisotopic (exact) mass is 515 g/mol. The molecule has 0 bridgehead atoms. The fourth-order valence-corrected chi connectivity index (χ4v) is 5.76. The molecular weight excluding hydrogens is 498 g/mol. The van der Waals surface area contributed by atoms with Crippen LogP contribution in [-0.4, -0.2) is 76.9 Å². The molecule has 0 aromatic carbocycles. The van der Waals surface area contributed by atoms with Crippen molar-refractivity contribution in [3.63, 3.8) is 0 Å². The number of carboxylic acids is 1. The minimum absolute atomic E-state index is 0.123. The summed E-state index contributed by atoms with van der Waals surface area (Å²) in [7, 11) is 1.27. The summed E-state index contributed by atoms with van der Waals surface area (Å²) in [6.07, 6.45) is 3.06. The molecular formula is C19H17N9O5S2. The number of carboxylic acid groups (broad SMARTS) is 1. The second-order valence-corrected chi connectivity index (χ2v) is 9.32. The Labute approximate surface area is 204 Å². The highest BCUT2D eigenvalue weighted by Crippen LogP contribution is 2.42. The van der Waals surface area contributed by atoms with Crippen LogP contribution in [0.5, 0.6) is 0 Å². The second kappa shape index (κ2) is 8.55. The number of oxime groups is 1. The molecule has 16 heteroatoms. The van der Waals surface area contributed by atoms with Crippen LogP contribution in [0.1, 0.15) is 5.69 Å². The minimum atomic E-state index is -1.29. The maximum Gasteiger partial charge on any atom is 0.354 e. The Kier molecular flexibility index (Phi) is 5.52. The number of nitrogens with two attached hydrogens (primary N) is 1. The Morgan fingerprint density at radius 1 is 1.40 bits per heavy atom. The number of β-lactam (4-membered cyclic amide) rings is 1. The average molecular weight is 516 g/mol. The third kappa shape index (κ3) is 3.62. The molecule has 0 radical (unpaired) electrons. The van der Waals surface area contributed by atoms with Gasteiger partial charge in [-0.2, -0.15) is 9.61 Å². The SMILES string of the molecule is CON=C(C(=O)N[C@@H]1C(=O)N2C(C(=O)O)=C(n3ccc(=N)n4nccc34)CS[C@@H]12)c1csc(N)n1. The molecule has 1 fully saturated rings. The van der Waals surface area contributed by atoms with Crippen LogP contribution in [0.25, 0.3) is 11.3 Å². The topological polar surface area (TPSA) is 193 Å². The molecule has 3 aromatic heterocycles. The summed E-state index contributed by atoms with van der Waals surface area (Å²) in [6, 6.07) is 2.15. The van der Waals surface area contributed by atoms with Crippen LogP contribution in [0.4, 0.5) is 5.13 Å². The number of amides is 2. The van der Waals surface area contributed by atoms with Crippen molar-refractivity contribution in [1.82, 2.24) is 29.4 Å². The number of carbonyl (C=O) groups excluding carboxylic acids is 2. The van der Waals surface area contributed by atoms with Gasteiger partial charge in [0.15, 0.2) is 16.5 Å². The third-order valence-corrected chi connectivity index (χ3v) is 7.31. The molecule has 2 atom stereocenters. The van der Waals surface area contributed by atoms with Crippen LogP contribution in [0, 0.1) is 5.41 Å². The Morgan fingerprint density at radius 2 is 2.20 bits per heavy atom.